The van der Waals surface area contributed by atoms with E-state index < -0.39 is 0 Å². The van der Waals surface area contributed by atoms with Gasteiger partial charge >= 0.3 is 0 Å². The van der Waals surface area contributed by atoms with Crippen LogP contribution in [0.25, 0.3) is 10.8 Å². The summed E-state index contributed by atoms with van der Waals surface area (Å²) >= 11 is 0. The zero-order chi connectivity index (χ0) is 18.5. The van der Waals surface area contributed by atoms with Crippen LogP contribution >= 0.6 is 12.4 Å². The molecule has 0 spiro atoms. The van der Waals surface area contributed by atoms with Crippen LogP contribution in [0.1, 0.15) is 16.9 Å². The van der Waals surface area contributed by atoms with E-state index in [0.29, 0.717) is 18.7 Å². The Balaban J connectivity index is 0.00000225. The molecule has 0 bridgehead atoms. The molecule has 28 heavy (non-hydrogen) atoms. The summed E-state index contributed by atoms with van der Waals surface area (Å²) in [6.45, 7) is 1.44. The molecule has 1 N–H and O–H groups in total. The summed E-state index contributed by atoms with van der Waals surface area (Å²) in [6.07, 6.45) is 1.66. The quantitative estimate of drug-likeness (QED) is 0.424. The minimum atomic E-state index is -0.254. The lowest BCUT2D eigenvalue weighted by molar-refractivity contribution is 0.296. The van der Waals surface area contributed by atoms with Gasteiger partial charge in [0.05, 0.1) is 12.8 Å². The van der Waals surface area contributed by atoms with Gasteiger partial charge in [0.25, 0.3) is 0 Å². The first-order chi connectivity index (χ1) is 13.3. The number of fused-ring (bicyclic) bond motifs is 1. The van der Waals surface area contributed by atoms with E-state index in [1.807, 2.05) is 42.5 Å². The molecule has 1 heterocycles. The fraction of sp³-hybridized carbons (Fsp3) is 0.130. The van der Waals surface area contributed by atoms with E-state index in [0.717, 1.165) is 27.8 Å². The molecule has 0 aliphatic rings. The SMILES string of the molecule is Cl.Fc1ccccc1COc1ccc2ccccc2c1CNCc1ccco1. The largest absolute Gasteiger partial charge is 0.488 e. The van der Waals surface area contributed by atoms with Gasteiger partial charge < -0.3 is 14.5 Å². The number of ether oxygens (including phenoxy) is 1. The van der Waals surface area contributed by atoms with Crippen molar-refractivity contribution in [2.24, 2.45) is 0 Å². The van der Waals surface area contributed by atoms with Crippen molar-refractivity contribution in [3.63, 3.8) is 0 Å². The van der Waals surface area contributed by atoms with Gasteiger partial charge in [-0.1, -0.05) is 48.5 Å². The van der Waals surface area contributed by atoms with Crippen molar-refractivity contribution in [1.82, 2.24) is 5.32 Å². The summed E-state index contributed by atoms with van der Waals surface area (Å²) in [5.41, 5.74) is 1.59. The van der Waals surface area contributed by atoms with Crippen molar-refractivity contribution in [2.75, 3.05) is 0 Å². The average molecular weight is 398 g/mol. The van der Waals surface area contributed by atoms with Crippen molar-refractivity contribution in [1.29, 1.82) is 0 Å². The minimum absolute atomic E-state index is 0. The zero-order valence-electron chi connectivity index (χ0n) is 15.2. The molecule has 0 unspecified atom stereocenters. The summed E-state index contributed by atoms with van der Waals surface area (Å²) in [5.74, 6) is 1.38. The third-order valence-electron chi connectivity index (χ3n) is 4.52. The predicted octanol–water partition coefficient (Wildman–Crippen LogP) is 5.86. The molecule has 0 atom stereocenters. The molecule has 144 valence electrons. The van der Waals surface area contributed by atoms with Gasteiger partial charge in [0, 0.05) is 17.7 Å². The Labute approximate surface area is 169 Å². The van der Waals surface area contributed by atoms with Gasteiger partial charge in [-0.15, -0.1) is 12.4 Å². The molecular weight excluding hydrogens is 377 g/mol. The molecule has 0 saturated carbocycles. The lowest BCUT2D eigenvalue weighted by Gasteiger charge is -2.15. The lowest BCUT2D eigenvalue weighted by Crippen LogP contribution is -2.13. The highest BCUT2D eigenvalue weighted by Gasteiger charge is 2.10. The normalized spacial score (nSPS) is 10.6. The molecule has 0 fully saturated rings. The van der Waals surface area contributed by atoms with Crippen molar-refractivity contribution in [3.05, 3.63) is 102 Å². The molecule has 4 rings (SSSR count). The summed E-state index contributed by atoms with van der Waals surface area (Å²) < 4.78 is 25.3. The maximum absolute atomic E-state index is 13.9. The second-order valence-electron chi connectivity index (χ2n) is 6.33. The topological polar surface area (TPSA) is 34.4 Å². The molecule has 3 aromatic carbocycles. The third kappa shape index (κ3) is 4.53. The second kappa shape index (κ2) is 9.40. The van der Waals surface area contributed by atoms with Crippen LogP contribution in [-0.2, 0) is 19.7 Å². The number of nitrogens with one attached hydrogen (secondary N) is 1. The summed E-state index contributed by atoms with van der Waals surface area (Å²) in [5, 5.41) is 5.66. The van der Waals surface area contributed by atoms with Crippen LogP contribution in [0.4, 0.5) is 4.39 Å². The smallest absolute Gasteiger partial charge is 0.129 e. The Hall–Kier alpha value is -2.82. The number of halogens is 2. The number of benzene rings is 3. The third-order valence-corrected chi connectivity index (χ3v) is 4.52. The average Bonchev–Trinajstić information content (AvgIpc) is 3.21. The van der Waals surface area contributed by atoms with Crippen LogP contribution in [0.5, 0.6) is 5.75 Å². The van der Waals surface area contributed by atoms with E-state index in [-0.39, 0.29) is 24.8 Å². The van der Waals surface area contributed by atoms with Gasteiger partial charge in [0.1, 0.15) is 23.9 Å². The Kier molecular flexibility index (Phi) is 6.69. The standard InChI is InChI=1S/C23H20FNO2.ClH/c24-22-10-4-2-7-18(22)16-27-23-12-11-17-6-1-3-9-20(17)21(23)15-25-14-19-8-5-13-26-19;/h1-13,25H,14-16H2;1H. The minimum Gasteiger partial charge on any atom is -0.488 e. The van der Waals surface area contributed by atoms with Gasteiger partial charge in [-0.05, 0) is 35.0 Å². The van der Waals surface area contributed by atoms with Crippen LogP contribution in [0.15, 0.2) is 83.5 Å². The van der Waals surface area contributed by atoms with Crippen LogP contribution in [0.3, 0.4) is 0 Å². The van der Waals surface area contributed by atoms with Gasteiger partial charge in [0.15, 0.2) is 0 Å². The first-order valence-electron chi connectivity index (χ1n) is 8.91. The van der Waals surface area contributed by atoms with E-state index in [1.165, 1.54) is 6.07 Å². The van der Waals surface area contributed by atoms with Crippen molar-refractivity contribution in [2.45, 2.75) is 19.7 Å². The molecule has 0 aliphatic carbocycles. The Bertz CT molecular complexity index is 1030. The highest BCUT2D eigenvalue weighted by atomic mass is 35.5. The monoisotopic (exact) mass is 397 g/mol. The molecular formula is C23H21ClFNO2. The Morgan fingerprint density at radius 2 is 1.68 bits per heavy atom. The summed E-state index contributed by atoms with van der Waals surface area (Å²) in [6, 6.07) is 22.7. The molecule has 3 nitrogen and oxygen atoms in total. The van der Waals surface area contributed by atoms with Crippen LogP contribution in [0, 0.1) is 5.82 Å². The molecule has 0 amide bonds. The van der Waals surface area contributed by atoms with Crippen LogP contribution in [-0.4, -0.2) is 0 Å². The van der Waals surface area contributed by atoms with Crippen molar-refractivity contribution in [3.8, 4) is 5.75 Å². The van der Waals surface area contributed by atoms with Crippen LogP contribution in [0.2, 0.25) is 0 Å². The highest BCUT2D eigenvalue weighted by Crippen LogP contribution is 2.29. The zero-order valence-corrected chi connectivity index (χ0v) is 16.0. The fourth-order valence-corrected chi connectivity index (χ4v) is 3.13. The van der Waals surface area contributed by atoms with E-state index >= 15 is 0 Å². The Morgan fingerprint density at radius 1 is 0.857 bits per heavy atom. The summed E-state index contributed by atoms with van der Waals surface area (Å²) in [4.78, 5) is 0. The van der Waals surface area contributed by atoms with E-state index in [4.69, 9.17) is 9.15 Å². The van der Waals surface area contributed by atoms with E-state index in [1.54, 1.807) is 18.4 Å². The maximum Gasteiger partial charge on any atom is 0.129 e. The second-order valence-corrected chi connectivity index (χ2v) is 6.33. The number of hydrogen-bond acceptors (Lipinski definition) is 3. The van der Waals surface area contributed by atoms with Gasteiger partial charge in [0.2, 0.25) is 0 Å². The maximum atomic E-state index is 13.9. The Morgan fingerprint density at radius 3 is 2.50 bits per heavy atom. The predicted molar refractivity (Wildman–Crippen MR) is 111 cm³/mol. The molecule has 0 aliphatic heterocycles. The molecule has 0 saturated heterocycles. The van der Waals surface area contributed by atoms with Gasteiger partial charge in [-0.3, -0.25) is 0 Å². The lowest BCUT2D eigenvalue weighted by atomic mass is 10.0. The first kappa shape index (κ1) is 19.9. The fourth-order valence-electron chi connectivity index (χ4n) is 3.13. The first-order valence-corrected chi connectivity index (χ1v) is 8.91. The molecule has 1 aromatic heterocycles. The van der Waals surface area contributed by atoms with E-state index in [9.17, 15) is 4.39 Å². The number of hydrogen-bond donors (Lipinski definition) is 1. The number of rotatable bonds is 7. The highest BCUT2D eigenvalue weighted by molar-refractivity contribution is 5.87. The van der Waals surface area contributed by atoms with Crippen molar-refractivity contribution >= 4 is 23.2 Å². The summed E-state index contributed by atoms with van der Waals surface area (Å²) in [7, 11) is 0. The van der Waals surface area contributed by atoms with Crippen LogP contribution < -0.4 is 10.1 Å². The molecule has 0 radical (unpaired) electrons. The number of furan rings is 1. The van der Waals surface area contributed by atoms with Gasteiger partial charge in [-0.25, -0.2) is 4.39 Å². The van der Waals surface area contributed by atoms with E-state index in [2.05, 4.69) is 17.4 Å². The van der Waals surface area contributed by atoms with Crippen molar-refractivity contribution < 1.29 is 13.5 Å². The van der Waals surface area contributed by atoms with Gasteiger partial charge in [-0.2, -0.15) is 0 Å². The molecule has 5 heteroatoms. The molecule has 4 aromatic rings.